The van der Waals surface area contributed by atoms with Gasteiger partial charge in [0, 0.05) is 62.2 Å². The summed E-state index contributed by atoms with van der Waals surface area (Å²) in [6, 6.07) is 51.9. The minimum Gasteiger partial charge on any atom is -0.458 e. The molecule has 4 aliphatic heterocycles. The van der Waals surface area contributed by atoms with Gasteiger partial charge in [0.25, 0.3) is 13.4 Å². The Hall–Kier alpha value is -6.91. The molecule has 9 aromatic rings. The van der Waals surface area contributed by atoms with Crippen LogP contribution in [0.3, 0.4) is 0 Å². The maximum Gasteiger partial charge on any atom is 0.256 e. The predicted octanol–water partition coefficient (Wildman–Crippen LogP) is 11.9. The molecule has 0 saturated heterocycles. The maximum atomic E-state index is 7.48. The Bertz CT molecular complexity index is 3640. The molecule has 0 spiro atoms. The third-order valence-corrected chi connectivity index (χ3v) is 15.4. The standard InChI is InChI=1S/C61H55B2N3O/c1-34-12-18-41(19-13-34)64-50-23-17-37(4)26-45(50)62-46-32-47-55(33-51(46)65(42-20-14-35(2)15-21-42)53-29-39(60(6,7)8)28-52(64)57(53)62)67-56-31-40(61(9,10)11)30-54-58(56)63(47)48-27-38(5)25-44-43-24-36(3)16-22-49(43)66(54)59(44)48/h12-33H,1-11H3. The van der Waals surface area contributed by atoms with Crippen molar-refractivity contribution in [2.75, 3.05) is 9.80 Å². The number of aromatic nitrogens is 1. The van der Waals surface area contributed by atoms with E-state index in [0.717, 1.165) is 17.2 Å². The van der Waals surface area contributed by atoms with Crippen LogP contribution in [0, 0.1) is 34.6 Å². The summed E-state index contributed by atoms with van der Waals surface area (Å²) in [4.78, 5) is 5.09. The highest BCUT2D eigenvalue weighted by Crippen LogP contribution is 2.48. The van der Waals surface area contributed by atoms with Crippen LogP contribution < -0.4 is 47.3 Å². The summed E-state index contributed by atoms with van der Waals surface area (Å²) < 4.78 is 10.0. The first kappa shape index (κ1) is 40.4. The zero-order chi connectivity index (χ0) is 46.2. The zero-order valence-corrected chi connectivity index (χ0v) is 40.6. The number of rotatable bonds is 2. The normalized spacial score (nSPS) is 14.2. The predicted molar refractivity (Wildman–Crippen MR) is 287 cm³/mol. The van der Waals surface area contributed by atoms with E-state index in [1.165, 1.54) is 128 Å². The van der Waals surface area contributed by atoms with Crippen molar-refractivity contribution in [2.45, 2.75) is 87.0 Å². The first-order chi connectivity index (χ1) is 32.0. The monoisotopic (exact) mass is 867 g/mol. The molecule has 0 radical (unpaired) electrons. The number of fused-ring (bicyclic) bond motifs is 11. The van der Waals surface area contributed by atoms with Gasteiger partial charge in [-0.15, -0.1) is 0 Å². The summed E-state index contributed by atoms with van der Waals surface area (Å²) in [5.74, 6) is 1.88. The number of nitrogens with zero attached hydrogens (tertiary/aromatic N) is 3. The van der Waals surface area contributed by atoms with E-state index in [1.807, 2.05) is 0 Å². The zero-order valence-electron chi connectivity index (χ0n) is 40.6. The summed E-state index contributed by atoms with van der Waals surface area (Å²) in [5.41, 5.74) is 27.4. The summed E-state index contributed by atoms with van der Waals surface area (Å²) >= 11 is 0. The van der Waals surface area contributed by atoms with E-state index in [9.17, 15) is 0 Å². The lowest BCUT2D eigenvalue weighted by atomic mass is 9.30. The van der Waals surface area contributed by atoms with Gasteiger partial charge in [0.15, 0.2) is 0 Å². The Kier molecular flexibility index (Phi) is 8.19. The number of aryl methyl sites for hydroxylation is 5. The third kappa shape index (κ3) is 5.75. The second-order valence-electron chi connectivity index (χ2n) is 22.3. The van der Waals surface area contributed by atoms with Gasteiger partial charge in [-0.2, -0.15) is 0 Å². The lowest BCUT2D eigenvalue weighted by molar-refractivity contribution is 0.483. The van der Waals surface area contributed by atoms with Gasteiger partial charge < -0.3 is 19.1 Å². The molecule has 0 saturated carbocycles. The number of hydrogen-bond acceptors (Lipinski definition) is 3. The summed E-state index contributed by atoms with van der Waals surface area (Å²) in [5, 5.41) is 2.62. The van der Waals surface area contributed by atoms with Crippen LogP contribution in [0.4, 0.5) is 34.1 Å². The molecule has 0 unspecified atom stereocenters. The molecule has 8 aromatic carbocycles. The Labute approximate surface area is 396 Å². The van der Waals surface area contributed by atoms with E-state index in [-0.39, 0.29) is 24.3 Å². The van der Waals surface area contributed by atoms with Gasteiger partial charge in [-0.3, -0.25) is 0 Å². The molecular formula is C61H55B2N3O. The maximum absolute atomic E-state index is 7.48. The van der Waals surface area contributed by atoms with Gasteiger partial charge >= 0.3 is 0 Å². The smallest absolute Gasteiger partial charge is 0.256 e. The topological polar surface area (TPSA) is 20.6 Å². The molecule has 0 atom stereocenters. The van der Waals surface area contributed by atoms with Gasteiger partial charge in [-0.1, -0.05) is 124 Å². The fourth-order valence-corrected chi connectivity index (χ4v) is 12.0. The van der Waals surface area contributed by atoms with Crippen LogP contribution in [0.25, 0.3) is 27.5 Å². The van der Waals surface area contributed by atoms with Crippen molar-refractivity contribution in [3.8, 4) is 17.2 Å². The molecule has 0 amide bonds. The largest absolute Gasteiger partial charge is 0.458 e. The molecule has 0 fully saturated rings. The van der Waals surface area contributed by atoms with Crippen molar-refractivity contribution >= 4 is 102 Å². The molecule has 6 heteroatoms. The molecule has 1 aromatic heterocycles. The summed E-state index contributed by atoms with van der Waals surface area (Å²) in [6.07, 6.45) is 0. The van der Waals surface area contributed by atoms with Crippen LogP contribution >= 0.6 is 0 Å². The van der Waals surface area contributed by atoms with Gasteiger partial charge in [0.2, 0.25) is 0 Å². The number of hydrogen-bond donors (Lipinski definition) is 0. The van der Waals surface area contributed by atoms with Crippen LogP contribution in [0.2, 0.25) is 0 Å². The molecule has 0 N–H and O–H groups in total. The fourth-order valence-electron chi connectivity index (χ4n) is 12.0. The molecule has 326 valence electrons. The number of benzene rings is 8. The van der Waals surface area contributed by atoms with Crippen molar-refractivity contribution < 1.29 is 4.74 Å². The molecule has 13 rings (SSSR count). The molecule has 5 heterocycles. The Balaban J connectivity index is 1.16. The highest BCUT2D eigenvalue weighted by Gasteiger charge is 2.48. The summed E-state index contributed by atoms with van der Waals surface area (Å²) in [6.45, 7) is 25.0. The Morgan fingerprint density at radius 3 is 1.57 bits per heavy atom. The molecule has 4 aliphatic rings. The van der Waals surface area contributed by atoms with E-state index in [2.05, 4.69) is 224 Å². The molecule has 0 aliphatic carbocycles. The van der Waals surface area contributed by atoms with Crippen molar-refractivity contribution in [1.82, 2.24) is 4.57 Å². The highest BCUT2D eigenvalue weighted by atomic mass is 16.5. The summed E-state index contributed by atoms with van der Waals surface area (Å²) in [7, 11) is 0. The minimum absolute atomic E-state index is 0.0303. The number of ether oxygens (including phenoxy) is 1. The SMILES string of the molecule is Cc1ccc(N2c3ccc(C)cc3B3c4cc5c(cc4N(c4ccc(C)cc4)c4cc(C(C)(C)C)cc2c43)Oc2cc(C(C)(C)C)cc3c2B5c2cc(C)cc4c5cc(C)ccc5n-3c24)cc1. The van der Waals surface area contributed by atoms with E-state index in [1.54, 1.807) is 0 Å². The van der Waals surface area contributed by atoms with Crippen LogP contribution in [0.15, 0.2) is 133 Å². The Morgan fingerprint density at radius 2 is 0.910 bits per heavy atom. The average molecular weight is 868 g/mol. The van der Waals surface area contributed by atoms with Gasteiger partial charge in [0.05, 0.1) is 5.52 Å². The molecule has 4 nitrogen and oxygen atoms in total. The second kappa shape index (κ2) is 13.6. The van der Waals surface area contributed by atoms with Gasteiger partial charge in [0.1, 0.15) is 11.5 Å². The lowest BCUT2D eigenvalue weighted by Crippen LogP contribution is -2.64. The number of anilines is 6. The average Bonchev–Trinajstić information content (AvgIpc) is 3.60. The van der Waals surface area contributed by atoms with Crippen molar-refractivity contribution in [3.63, 3.8) is 0 Å². The Morgan fingerprint density at radius 1 is 0.388 bits per heavy atom. The van der Waals surface area contributed by atoms with E-state index in [0.29, 0.717) is 0 Å². The van der Waals surface area contributed by atoms with Crippen molar-refractivity contribution in [3.05, 3.63) is 172 Å². The highest BCUT2D eigenvalue weighted by molar-refractivity contribution is 7.02. The van der Waals surface area contributed by atoms with Crippen LogP contribution in [0.1, 0.15) is 80.5 Å². The lowest BCUT2D eigenvalue weighted by Gasteiger charge is -2.46. The van der Waals surface area contributed by atoms with Crippen molar-refractivity contribution in [1.29, 1.82) is 0 Å². The van der Waals surface area contributed by atoms with Crippen LogP contribution in [0.5, 0.6) is 11.5 Å². The molecular weight excluding hydrogens is 812 g/mol. The fraction of sp³-hybridized carbons (Fsp3) is 0.213. The second-order valence-corrected chi connectivity index (χ2v) is 22.3. The van der Waals surface area contributed by atoms with Gasteiger partial charge in [-0.05, 0) is 162 Å². The van der Waals surface area contributed by atoms with E-state index < -0.39 is 0 Å². The van der Waals surface area contributed by atoms with Crippen molar-refractivity contribution in [2.24, 2.45) is 0 Å². The van der Waals surface area contributed by atoms with E-state index >= 15 is 0 Å². The first-order valence-electron chi connectivity index (χ1n) is 24.1. The third-order valence-electron chi connectivity index (χ3n) is 15.4. The van der Waals surface area contributed by atoms with Gasteiger partial charge in [-0.25, -0.2) is 0 Å². The molecule has 67 heavy (non-hydrogen) atoms. The minimum atomic E-state index is -0.112. The van der Waals surface area contributed by atoms with Crippen LogP contribution in [-0.2, 0) is 10.8 Å². The molecule has 0 bridgehead atoms. The van der Waals surface area contributed by atoms with Crippen LogP contribution in [-0.4, -0.2) is 18.0 Å². The first-order valence-corrected chi connectivity index (χ1v) is 24.1. The van der Waals surface area contributed by atoms with E-state index in [4.69, 9.17) is 4.74 Å². The quantitative estimate of drug-likeness (QED) is 0.162.